The molecule has 1 aromatic heterocycles. The van der Waals surface area contributed by atoms with Gasteiger partial charge in [-0.3, -0.25) is 4.68 Å². The average molecular weight is 251 g/mol. The number of hydrogen-bond acceptors (Lipinski definition) is 3. The van der Waals surface area contributed by atoms with Gasteiger partial charge in [0.15, 0.2) is 0 Å². The zero-order valence-corrected chi connectivity index (χ0v) is 11.6. The van der Waals surface area contributed by atoms with Gasteiger partial charge in [-0.25, -0.2) is 0 Å². The highest BCUT2D eigenvalue weighted by molar-refractivity contribution is 5.09. The van der Waals surface area contributed by atoms with Crippen LogP contribution in [-0.2, 0) is 24.3 Å². The van der Waals surface area contributed by atoms with E-state index in [1.54, 1.807) is 0 Å². The highest BCUT2D eigenvalue weighted by Gasteiger charge is 2.26. The predicted molar refractivity (Wildman–Crippen MR) is 72.3 cm³/mol. The molecule has 0 radical (unpaired) electrons. The lowest BCUT2D eigenvalue weighted by atomic mass is 10.1. The van der Waals surface area contributed by atoms with E-state index in [9.17, 15) is 0 Å². The molecule has 1 heterocycles. The van der Waals surface area contributed by atoms with Crippen LogP contribution in [0, 0.1) is 5.92 Å². The molecule has 0 amide bonds. The van der Waals surface area contributed by atoms with E-state index in [4.69, 9.17) is 10.5 Å². The molecule has 1 aliphatic rings. The summed E-state index contributed by atoms with van der Waals surface area (Å²) in [6.45, 7) is 6.58. The molecule has 2 unspecified atom stereocenters. The summed E-state index contributed by atoms with van der Waals surface area (Å²) in [5, 5.41) is 4.54. The first-order valence-electron chi connectivity index (χ1n) is 7.15. The van der Waals surface area contributed by atoms with Crippen LogP contribution < -0.4 is 5.73 Å². The predicted octanol–water partition coefficient (Wildman–Crippen LogP) is 2.11. The van der Waals surface area contributed by atoms with Crippen molar-refractivity contribution >= 4 is 0 Å². The van der Waals surface area contributed by atoms with Crippen molar-refractivity contribution in [2.24, 2.45) is 11.7 Å². The normalized spacial score (nSPS) is 23.7. The van der Waals surface area contributed by atoms with Crippen molar-refractivity contribution in [3.05, 3.63) is 17.5 Å². The number of ether oxygens (including phenoxy) is 1. The van der Waals surface area contributed by atoms with Crippen LogP contribution in [0.3, 0.4) is 0 Å². The molecule has 0 aliphatic heterocycles. The first-order chi connectivity index (χ1) is 8.78. The second-order valence-corrected chi connectivity index (χ2v) is 5.07. The van der Waals surface area contributed by atoms with E-state index < -0.39 is 0 Å². The van der Waals surface area contributed by atoms with Gasteiger partial charge in [-0.05, 0) is 44.7 Å². The molecule has 1 aliphatic carbocycles. The van der Waals surface area contributed by atoms with E-state index in [0.29, 0.717) is 18.6 Å². The van der Waals surface area contributed by atoms with Gasteiger partial charge in [0.1, 0.15) is 0 Å². The highest BCUT2D eigenvalue weighted by Crippen LogP contribution is 2.28. The largest absolute Gasteiger partial charge is 0.372 e. The van der Waals surface area contributed by atoms with E-state index in [1.165, 1.54) is 18.5 Å². The van der Waals surface area contributed by atoms with Gasteiger partial charge in [0.2, 0.25) is 0 Å². The third-order valence-corrected chi connectivity index (χ3v) is 3.91. The van der Waals surface area contributed by atoms with E-state index in [2.05, 4.69) is 25.0 Å². The van der Waals surface area contributed by atoms with Crippen molar-refractivity contribution in [1.29, 1.82) is 0 Å². The molecule has 102 valence electrons. The Bertz CT molecular complexity index is 375. The fourth-order valence-electron chi connectivity index (χ4n) is 2.76. The molecule has 2 N–H and O–H groups in total. The Morgan fingerprint density at radius 2 is 2.28 bits per heavy atom. The molecule has 1 aromatic rings. The third kappa shape index (κ3) is 2.93. The summed E-state index contributed by atoms with van der Waals surface area (Å²) in [5.41, 5.74) is 8.12. The van der Waals surface area contributed by atoms with Crippen molar-refractivity contribution in [3.63, 3.8) is 0 Å². The zero-order chi connectivity index (χ0) is 13.0. The van der Waals surface area contributed by atoms with Crippen LogP contribution in [0.4, 0.5) is 0 Å². The summed E-state index contributed by atoms with van der Waals surface area (Å²) in [6, 6.07) is 2.16. The lowest BCUT2D eigenvalue weighted by molar-refractivity contribution is 0.0149. The van der Waals surface area contributed by atoms with Gasteiger partial charge in [-0.15, -0.1) is 0 Å². The minimum atomic E-state index is 0.347. The van der Waals surface area contributed by atoms with Crippen molar-refractivity contribution in [2.45, 2.75) is 58.8 Å². The van der Waals surface area contributed by atoms with Crippen LogP contribution in [0.15, 0.2) is 6.07 Å². The molecule has 18 heavy (non-hydrogen) atoms. The summed E-state index contributed by atoms with van der Waals surface area (Å²) in [4.78, 5) is 0. The van der Waals surface area contributed by atoms with Crippen molar-refractivity contribution in [3.8, 4) is 0 Å². The zero-order valence-electron chi connectivity index (χ0n) is 11.6. The maximum atomic E-state index is 6.05. The molecule has 1 fully saturated rings. The molecule has 0 aromatic carbocycles. The molecule has 2 atom stereocenters. The summed E-state index contributed by atoms with van der Waals surface area (Å²) < 4.78 is 8.10. The Balaban J connectivity index is 1.94. The summed E-state index contributed by atoms with van der Waals surface area (Å²) in [7, 11) is 0. The molecule has 2 rings (SSSR count). The minimum absolute atomic E-state index is 0.347. The Labute approximate surface area is 110 Å². The van der Waals surface area contributed by atoms with Crippen LogP contribution in [0.1, 0.15) is 44.5 Å². The van der Waals surface area contributed by atoms with Gasteiger partial charge in [-0.2, -0.15) is 5.10 Å². The van der Waals surface area contributed by atoms with Gasteiger partial charge in [-0.1, -0.05) is 13.3 Å². The van der Waals surface area contributed by atoms with E-state index >= 15 is 0 Å². The third-order valence-electron chi connectivity index (χ3n) is 3.91. The highest BCUT2D eigenvalue weighted by atomic mass is 16.5. The lowest BCUT2D eigenvalue weighted by Gasteiger charge is -2.18. The van der Waals surface area contributed by atoms with Crippen LogP contribution in [0.25, 0.3) is 0 Å². The number of hydrogen-bond donors (Lipinski definition) is 1. The molecule has 0 saturated heterocycles. The van der Waals surface area contributed by atoms with Crippen LogP contribution in [-0.4, -0.2) is 22.4 Å². The average Bonchev–Trinajstić information content (AvgIpc) is 3.01. The second kappa shape index (κ2) is 6.34. The maximum Gasteiger partial charge on any atom is 0.0888 e. The first-order valence-corrected chi connectivity index (χ1v) is 7.15. The van der Waals surface area contributed by atoms with Crippen LogP contribution in [0.2, 0.25) is 0 Å². The summed E-state index contributed by atoms with van der Waals surface area (Å²) >= 11 is 0. The first kappa shape index (κ1) is 13.6. The molecule has 1 saturated carbocycles. The minimum Gasteiger partial charge on any atom is -0.372 e. The molecule has 0 bridgehead atoms. The smallest absolute Gasteiger partial charge is 0.0888 e. The lowest BCUT2D eigenvalue weighted by Crippen LogP contribution is -2.25. The molecule has 4 nitrogen and oxygen atoms in total. The van der Waals surface area contributed by atoms with Crippen LogP contribution in [0.5, 0.6) is 0 Å². The Morgan fingerprint density at radius 1 is 1.44 bits per heavy atom. The fraction of sp³-hybridized carbons (Fsp3) is 0.786. The van der Waals surface area contributed by atoms with Crippen molar-refractivity contribution in [1.82, 2.24) is 9.78 Å². The van der Waals surface area contributed by atoms with Gasteiger partial charge in [0.25, 0.3) is 0 Å². The quantitative estimate of drug-likeness (QED) is 0.842. The Kier molecular flexibility index (Phi) is 4.78. The molecular formula is C14H25N3O. The van der Waals surface area contributed by atoms with Gasteiger partial charge >= 0.3 is 0 Å². The molecular weight excluding hydrogens is 226 g/mol. The molecule has 0 spiro atoms. The monoisotopic (exact) mass is 251 g/mol. The van der Waals surface area contributed by atoms with Gasteiger partial charge in [0.05, 0.1) is 24.1 Å². The van der Waals surface area contributed by atoms with Crippen molar-refractivity contribution in [2.75, 3.05) is 6.54 Å². The van der Waals surface area contributed by atoms with Crippen molar-refractivity contribution < 1.29 is 4.74 Å². The topological polar surface area (TPSA) is 53.1 Å². The number of aromatic nitrogens is 2. The van der Waals surface area contributed by atoms with E-state index in [1.807, 2.05) is 4.68 Å². The number of nitrogens with two attached hydrogens (primary N) is 1. The van der Waals surface area contributed by atoms with Gasteiger partial charge in [0, 0.05) is 6.54 Å². The van der Waals surface area contributed by atoms with E-state index in [0.717, 1.165) is 31.6 Å². The standard InChI is InChI=1S/C14H25N3O/c1-3-12-8-13(17(4-2)16-12)10-18-14-7-5-6-11(14)9-15/h8,11,14H,3-7,9-10,15H2,1-2H3. The Hall–Kier alpha value is -0.870. The summed E-state index contributed by atoms with van der Waals surface area (Å²) in [6.07, 6.45) is 4.95. The molecule has 4 heteroatoms. The SMILES string of the molecule is CCc1cc(COC2CCCC2CN)n(CC)n1. The Morgan fingerprint density at radius 3 is 2.94 bits per heavy atom. The number of rotatable bonds is 6. The number of aryl methyl sites for hydroxylation is 2. The van der Waals surface area contributed by atoms with Gasteiger partial charge < -0.3 is 10.5 Å². The van der Waals surface area contributed by atoms with Crippen LogP contribution >= 0.6 is 0 Å². The maximum absolute atomic E-state index is 6.05. The fourth-order valence-corrected chi connectivity index (χ4v) is 2.76. The number of nitrogens with zero attached hydrogens (tertiary/aromatic N) is 2. The van der Waals surface area contributed by atoms with E-state index in [-0.39, 0.29) is 0 Å². The summed E-state index contributed by atoms with van der Waals surface area (Å²) in [5.74, 6) is 0.550. The second-order valence-electron chi connectivity index (χ2n) is 5.07.